The Balaban J connectivity index is 1.60. The van der Waals surface area contributed by atoms with Gasteiger partial charge in [-0.2, -0.15) is 0 Å². The van der Waals surface area contributed by atoms with E-state index in [-0.39, 0.29) is 0 Å². The van der Waals surface area contributed by atoms with Gasteiger partial charge in [0.05, 0.1) is 6.54 Å². The first-order valence-corrected chi connectivity index (χ1v) is 9.65. The van der Waals surface area contributed by atoms with Crippen LogP contribution in [-0.4, -0.2) is 35.4 Å². The largest absolute Gasteiger partial charge is 0.299 e. The zero-order chi connectivity index (χ0) is 21.1. The van der Waals surface area contributed by atoms with Gasteiger partial charge in [0, 0.05) is 12.0 Å². The highest BCUT2D eigenvalue weighted by molar-refractivity contribution is 5.80. The summed E-state index contributed by atoms with van der Waals surface area (Å²) in [5.41, 5.74) is 3.84. The Labute approximate surface area is 172 Å². The zero-order valence-corrected chi connectivity index (χ0v) is 16.6. The molecule has 0 aliphatic carbocycles. The molecule has 30 heavy (non-hydrogen) atoms. The van der Waals surface area contributed by atoms with Gasteiger partial charge in [0.25, 0.3) is 6.43 Å². The molecule has 7 nitrogen and oxygen atoms in total. The maximum Gasteiger partial charge on any atom is 0.299 e. The lowest BCUT2D eigenvalue weighted by Gasteiger charge is -2.10. The van der Waals surface area contributed by atoms with E-state index in [1.807, 2.05) is 62.4 Å². The number of nitrogens with one attached hydrogen (secondary N) is 1. The number of alkyl halides is 2. The van der Waals surface area contributed by atoms with E-state index in [0.29, 0.717) is 30.5 Å². The lowest BCUT2D eigenvalue weighted by Crippen LogP contribution is -2.09. The van der Waals surface area contributed by atoms with Crippen LogP contribution in [0.2, 0.25) is 0 Å². The number of H-pyrrole nitrogens is 1. The SMILES string of the molecule is CC(C)Cc1nc(C(F)F)nn1Cc1ccc(-c2ccccc2-c2nnn[nH]2)cc1. The van der Waals surface area contributed by atoms with Crippen LogP contribution in [0.25, 0.3) is 22.5 Å². The highest BCUT2D eigenvalue weighted by atomic mass is 19.3. The van der Waals surface area contributed by atoms with Crippen LogP contribution >= 0.6 is 0 Å². The van der Waals surface area contributed by atoms with Crippen LogP contribution in [-0.2, 0) is 13.0 Å². The molecule has 2 aromatic carbocycles. The molecule has 0 atom stereocenters. The van der Waals surface area contributed by atoms with Crippen molar-refractivity contribution in [2.45, 2.75) is 33.2 Å². The average molecular weight is 409 g/mol. The lowest BCUT2D eigenvalue weighted by molar-refractivity contribution is 0.140. The van der Waals surface area contributed by atoms with Crippen LogP contribution in [0.1, 0.15) is 37.5 Å². The average Bonchev–Trinajstić information content (AvgIpc) is 3.39. The van der Waals surface area contributed by atoms with Crippen molar-refractivity contribution in [3.8, 4) is 22.5 Å². The molecule has 0 unspecified atom stereocenters. The number of halogens is 2. The first-order valence-electron chi connectivity index (χ1n) is 9.65. The van der Waals surface area contributed by atoms with Crippen molar-refractivity contribution in [2.75, 3.05) is 0 Å². The summed E-state index contributed by atoms with van der Waals surface area (Å²) in [6, 6.07) is 15.7. The molecular weight excluding hydrogens is 388 g/mol. The van der Waals surface area contributed by atoms with E-state index in [4.69, 9.17) is 0 Å². The summed E-state index contributed by atoms with van der Waals surface area (Å²) in [5, 5.41) is 18.1. The summed E-state index contributed by atoms with van der Waals surface area (Å²) in [4.78, 5) is 4.03. The summed E-state index contributed by atoms with van der Waals surface area (Å²) < 4.78 is 27.7. The Morgan fingerprint density at radius 1 is 1.00 bits per heavy atom. The molecule has 4 aromatic rings. The lowest BCUT2D eigenvalue weighted by atomic mass is 9.98. The molecular formula is C21H21F2N7. The Morgan fingerprint density at radius 3 is 2.37 bits per heavy atom. The smallest absolute Gasteiger partial charge is 0.245 e. The van der Waals surface area contributed by atoms with Crippen molar-refractivity contribution in [1.82, 2.24) is 35.4 Å². The van der Waals surface area contributed by atoms with Crippen LogP contribution in [0.15, 0.2) is 48.5 Å². The molecule has 2 heterocycles. The predicted octanol–water partition coefficient (Wildman–Crippen LogP) is 4.31. The number of hydrogen-bond donors (Lipinski definition) is 1. The van der Waals surface area contributed by atoms with E-state index in [1.54, 1.807) is 4.68 Å². The molecule has 1 N–H and O–H groups in total. The molecule has 0 saturated heterocycles. The molecule has 0 spiro atoms. The zero-order valence-electron chi connectivity index (χ0n) is 16.6. The van der Waals surface area contributed by atoms with E-state index in [1.165, 1.54) is 0 Å². The summed E-state index contributed by atoms with van der Waals surface area (Å²) in [5.74, 6) is 1.04. The molecule has 4 rings (SSSR count). The van der Waals surface area contributed by atoms with Gasteiger partial charge in [-0.15, -0.1) is 10.2 Å². The van der Waals surface area contributed by atoms with Gasteiger partial charge in [-0.25, -0.2) is 23.5 Å². The fourth-order valence-corrected chi connectivity index (χ4v) is 3.31. The second kappa shape index (κ2) is 8.48. The number of rotatable bonds is 7. The highest BCUT2D eigenvalue weighted by Crippen LogP contribution is 2.30. The molecule has 2 aromatic heterocycles. The van der Waals surface area contributed by atoms with Gasteiger partial charge >= 0.3 is 0 Å². The van der Waals surface area contributed by atoms with Crippen molar-refractivity contribution in [3.05, 3.63) is 65.7 Å². The minimum Gasteiger partial charge on any atom is -0.245 e. The molecule has 0 aliphatic heterocycles. The van der Waals surface area contributed by atoms with Crippen molar-refractivity contribution in [2.24, 2.45) is 5.92 Å². The first-order chi connectivity index (χ1) is 14.5. The summed E-state index contributed by atoms with van der Waals surface area (Å²) in [7, 11) is 0. The van der Waals surface area contributed by atoms with Crippen molar-refractivity contribution in [3.63, 3.8) is 0 Å². The van der Waals surface area contributed by atoms with E-state index < -0.39 is 12.2 Å². The minimum atomic E-state index is -2.68. The second-order valence-electron chi connectivity index (χ2n) is 7.43. The molecule has 0 bridgehead atoms. The third kappa shape index (κ3) is 4.24. The molecule has 0 amide bonds. The van der Waals surface area contributed by atoms with Gasteiger partial charge in [-0.3, -0.25) is 0 Å². The Hall–Kier alpha value is -3.49. The van der Waals surface area contributed by atoms with Gasteiger partial charge in [0.15, 0.2) is 5.82 Å². The second-order valence-corrected chi connectivity index (χ2v) is 7.43. The van der Waals surface area contributed by atoms with Gasteiger partial charge in [-0.1, -0.05) is 62.4 Å². The number of aromatic amines is 1. The third-order valence-electron chi connectivity index (χ3n) is 4.68. The molecule has 0 aliphatic rings. The molecule has 154 valence electrons. The van der Waals surface area contributed by atoms with Gasteiger partial charge in [0.2, 0.25) is 5.82 Å². The number of aromatic nitrogens is 7. The van der Waals surface area contributed by atoms with Crippen molar-refractivity contribution >= 4 is 0 Å². The quantitative estimate of drug-likeness (QED) is 0.492. The molecule has 9 heteroatoms. The number of hydrogen-bond acceptors (Lipinski definition) is 5. The van der Waals surface area contributed by atoms with Crippen LogP contribution in [0, 0.1) is 5.92 Å². The highest BCUT2D eigenvalue weighted by Gasteiger charge is 2.18. The topological polar surface area (TPSA) is 85.2 Å². The standard InChI is InChI=1S/C21H21F2N7/c1-13(2)11-18-24-21(19(22)23)27-30(18)12-14-7-9-15(10-8-14)16-5-3-4-6-17(16)20-25-28-29-26-20/h3-10,13,19H,11-12H2,1-2H3,(H,25,26,28,29). The number of benzene rings is 2. The third-order valence-corrected chi connectivity index (χ3v) is 4.68. The van der Waals surface area contributed by atoms with E-state index in [2.05, 4.69) is 30.7 Å². The maximum atomic E-state index is 13.1. The normalized spacial score (nSPS) is 11.5. The van der Waals surface area contributed by atoms with E-state index in [9.17, 15) is 8.78 Å². The monoisotopic (exact) mass is 409 g/mol. The van der Waals surface area contributed by atoms with Crippen LogP contribution in [0.4, 0.5) is 8.78 Å². The fraction of sp³-hybridized carbons (Fsp3) is 0.286. The predicted molar refractivity (Wildman–Crippen MR) is 108 cm³/mol. The first kappa shape index (κ1) is 19.8. The van der Waals surface area contributed by atoms with E-state index >= 15 is 0 Å². The minimum absolute atomic E-state index is 0.294. The van der Waals surface area contributed by atoms with Gasteiger partial charge in [-0.05, 0) is 33.0 Å². The maximum absolute atomic E-state index is 13.1. The summed E-state index contributed by atoms with van der Waals surface area (Å²) >= 11 is 0. The van der Waals surface area contributed by atoms with Crippen LogP contribution < -0.4 is 0 Å². The number of tetrazole rings is 1. The molecule has 0 radical (unpaired) electrons. The molecule has 0 saturated carbocycles. The fourth-order valence-electron chi connectivity index (χ4n) is 3.31. The van der Waals surface area contributed by atoms with Gasteiger partial charge < -0.3 is 0 Å². The van der Waals surface area contributed by atoms with Crippen LogP contribution in [0.3, 0.4) is 0 Å². The van der Waals surface area contributed by atoms with Crippen molar-refractivity contribution in [1.29, 1.82) is 0 Å². The Bertz CT molecular complexity index is 1100. The van der Waals surface area contributed by atoms with Gasteiger partial charge in [0.1, 0.15) is 5.82 Å². The van der Waals surface area contributed by atoms with Crippen molar-refractivity contribution < 1.29 is 8.78 Å². The summed E-state index contributed by atoms with van der Waals surface area (Å²) in [6.07, 6.45) is -2.09. The molecule has 0 fully saturated rings. The Morgan fingerprint density at radius 2 is 1.73 bits per heavy atom. The Kier molecular flexibility index (Phi) is 5.60. The van der Waals surface area contributed by atoms with Crippen LogP contribution in [0.5, 0.6) is 0 Å². The number of nitrogens with zero attached hydrogens (tertiary/aromatic N) is 6. The van der Waals surface area contributed by atoms with E-state index in [0.717, 1.165) is 22.3 Å². The summed E-state index contributed by atoms with van der Waals surface area (Å²) in [6.45, 7) is 4.43.